The molecular weight excluding hydrogens is 458 g/mol. The average Bonchev–Trinajstić information content (AvgIpc) is 3.48. The van der Waals surface area contributed by atoms with Gasteiger partial charge in [0.25, 0.3) is 5.91 Å². The zero-order chi connectivity index (χ0) is 25.4. The predicted molar refractivity (Wildman–Crippen MR) is 135 cm³/mol. The highest BCUT2D eigenvalue weighted by Gasteiger charge is 2.21. The quantitative estimate of drug-likeness (QED) is 0.386. The maximum Gasteiger partial charge on any atom is 0.260 e. The van der Waals surface area contributed by atoms with E-state index in [1.165, 1.54) is 26.1 Å². The molecule has 2 aromatic carbocycles. The van der Waals surface area contributed by atoms with Gasteiger partial charge in [-0.15, -0.1) is 0 Å². The zero-order valence-corrected chi connectivity index (χ0v) is 20.6. The number of nitrogens with one attached hydrogen (secondary N) is 1. The highest BCUT2D eigenvalue weighted by molar-refractivity contribution is 6.06. The van der Waals surface area contributed by atoms with Gasteiger partial charge >= 0.3 is 0 Å². The number of anilines is 1. The Labute approximate surface area is 207 Å². The number of aryl methyl sites for hydroxylation is 3. The number of carbonyl (C=O) groups excluding carboxylic acids is 1. The van der Waals surface area contributed by atoms with Gasteiger partial charge in [0.1, 0.15) is 12.1 Å². The second-order valence-corrected chi connectivity index (χ2v) is 8.34. The van der Waals surface area contributed by atoms with Crippen LogP contribution >= 0.6 is 0 Å². The fourth-order valence-corrected chi connectivity index (χ4v) is 4.05. The van der Waals surface area contributed by atoms with Crippen LogP contribution in [-0.2, 0) is 0 Å². The number of rotatable bonds is 6. The summed E-state index contributed by atoms with van der Waals surface area (Å²) in [5.41, 5.74) is 4.92. The van der Waals surface area contributed by atoms with Gasteiger partial charge in [0.2, 0.25) is 0 Å². The SMILES string of the molecule is COc1cccc(C(=O)Nc2cc(C)nn2-c2ncnc3c2cnn3-c2ccc(C)c(C)c2)c1OC. The fourth-order valence-electron chi connectivity index (χ4n) is 4.05. The van der Waals surface area contributed by atoms with Crippen LogP contribution < -0.4 is 14.8 Å². The van der Waals surface area contributed by atoms with Gasteiger partial charge in [0.15, 0.2) is 23.0 Å². The van der Waals surface area contributed by atoms with E-state index in [9.17, 15) is 4.79 Å². The molecule has 0 unspecified atom stereocenters. The van der Waals surface area contributed by atoms with Crippen molar-refractivity contribution in [3.8, 4) is 23.0 Å². The van der Waals surface area contributed by atoms with Gasteiger partial charge in [-0.2, -0.15) is 14.9 Å². The molecule has 182 valence electrons. The number of fused-ring (bicyclic) bond motifs is 1. The first kappa shape index (κ1) is 23.0. The Bertz CT molecular complexity index is 1600. The van der Waals surface area contributed by atoms with Crippen molar-refractivity contribution in [2.24, 2.45) is 0 Å². The van der Waals surface area contributed by atoms with Crippen molar-refractivity contribution < 1.29 is 14.3 Å². The monoisotopic (exact) mass is 483 g/mol. The standard InChI is InChI=1S/C26H25N7O3/c1-15-9-10-18(11-16(15)2)32-24-20(13-29-32)25(28-14-27-24)33-22(12-17(3)31-33)30-26(34)19-7-6-8-21(35-4)23(19)36-5/h6-14H,1-5H3,(H,30,34). The van der Waals surface area contributed by atoms with Crippen LogP contribution in [0.3, 0.4) is 0 Å². The van der Waals surface area contributed by atoms with Crippen LogP contribution in [0.2, 0.25) is 0 Å². The minimum atomic E-state index is -0.372. The van der Waals surface area contributed by atoms with Gasteiger partial charge in [-0.05, 0) is 56.2 Å². The molecule has 0 aliphatic carbocycles. The number of carbonyl (C=O) groups is 1. The van der Waals surface area contributed by atoms with E-state index in [1.54, 1.807) is 39.8 Å². The maximum absolute atomic E-state index is 13.2. The van der Waals surface area contributed by atoms with Crippen molar-refractivity contribution in [2.45, 2.75) is 20.8 Å². The molecule has 3 aromatic heterocycles. The van der Waals surface area contributed by atoms with E-state index in [4.69, 9.17) is 9.47 Å². The molecule has 0 radical (unpaired) electrons. The topological polar surface area (TPSA) is 109 Å². The number of para-hydroxylation sites is 1. The lowest BCUT2D eigenvalue weighted by Gasteiger charge is -2.13. The molecule has 1 amide bonds. The molecule has 0 bridgehead atoms. The highest BCUT2D eigenvalue weighted by Crippen LogP contribution is 2.32. The Kier molecular flexibility index (Phi) is 5.85. The Balaban J connectivity index is 1.56. The number of hydrogen-bond acceptors (Lipinski definition) is 7. The van der Waals surface area contributed by atoms with Crippen molar-refractivity contribution in [1.82, 2.24) is 29.5 Å². The summed E-state index contributed by atoms with van der Waals surface area (Å²) < 4.78 is 14.1. The van der Waals surface area contributed by atoms with Crippen molar-refractivity contribution >= 4 is 22.8 Å². The summed E-state index contributed by atoms with van der Waals surface area (Å²) in [5.74, 6) is 1.38. The summed E-state index contributed by atoms with van der Waals surface area (Å²) in [6, 6.07) is 13.0. The van der Waals surface area contributed by atoms with E-state index in [1.807, 2.05) is 13.0 Å². The minimum Gasteiger partial charge on any atom is -0.493 e. The lowest BCUT2D eigenvalue weighted by Crippen LogP contribution is -2.17. The van der Waals surface area contributed by atoms with E-state index in [0.29, 0.717) is 45.4 Å². The van der Waals surface area contributed by atoms with Crippen molar-refractivity contribution in [1.29, 1.82) is 0 Å². The van der Waals surface area contributed by atoms with Gasteiger partial charge in [0, 0.05) is 6.07 Å². The Hall–Kier alpha value is -4.73. The van der Waals surface area contributed by atoms with E-state index >= 15 is 0 Å². The van der Waals surface area contributed by atoms with Crippen LogP contribution in [0, 0.1) is 20.8 Å². The second kappa shape index (κ2) is 9.14. The molecule has 0 aliphatic rings. The molecule has 5 rings (SSSR count). The van der Waals surface area contributed by atoms with E-state index < -0.39 is 0 Å². The second-order valence-electron chi connectivity index (χ2n) is 8.34. The van der Waals surface area contributed by atoms with Crippen LogP contribution in [0.25, 0.3) is 22.5 Å². The average molecular weight is 484 g/mol. The van der Waals surface area contributed by atoms with Crippen molar-refractivity contribution in [3.63, 3.8) is 0 Å². The molecule has 3 heterocycles. The van der Waals surface area contributed by atoms with Crippen LogP contribution in [0.5, 0.6) is 11.5 Å². The van der Waals surface area contributed by atoms with E-state index in [0.717, 1.165) is 11.3 Å². The number of nitrogens with zero attached hydrogens (tertiary/aromatic N) is 6. The molecule has 0 fully saturated rings. The van der Waals surface area contributed by atoms with E-state index in [-0.39, 0.29) is 5.91 Å². The number of ether oxygens (including phenoxy) is 2. The molecule has 0 atom stereocenters. The molecular formula is C26H25N7O3. The molecule has 0 aliphatic heterocycles. The van der Waals surface area contributed by atoms with Crippen LogP contribution in [0.1, 0.15) is 27.2 Å². The van der Waals surface area contributed by atoms with Crippen LogP contribution in [-0.4, -0.2) is 49.7 Å². The van der Waals surface area contributed by atoms with Gasteiger partial charge in [0.05, 0.1) is 42.7 Å². The predicted octanol–water partition coefficient (Wildman–Crippen LogP) is 4.20. The minimum absolute atomic E-state index is 0.331. The Morgan fingerprint density at radius 3 is 2.53 bits per heavy atom. The number of methoxy groups -OCH3 is 2. The lowest BCUT2D eigenvalue weighted by atomic mass is 10.1. The van der Waals surface area contributed by atoms with Crippen LogP contribution in [0.15, 0.2) is 55.0 Å². The summed E-state index contributed by atoms with van der Waals surface area (Å²) in [6.45, 7) is 5.97. The van der Waals surface area contributed by atoms with E-state index in [2.05, 4.69) is 51.5 Å². The van der Waals surface area contributed by atoms with Crippen molar-refractivity contribution in [3.05, 3.63) is 77.4 Å². The Morgan fingerprint density at radius 1 is 0.944 bits per heavy atom. The smallest absolute Gasteiger partial charge is 0.260 e. The molecule has 5 aromatic rings. The third-order valence-corrected chi connectivity index (χ3v) is 6.00. The Morgan fingerprint density at radius 2 is 1.78 bits per heavy atom. The number of benzene rings is 2. The number of hydrogen-bond donors (Lipinski definition) is 1. The molecule has 0 saturated heterocycles. The zero-order valence-electron chi connectivity index (χ0n) is 20.6. The molecule has 10 heteroatoms. The molecule has 0 saturated carbocycles. The third-order valence-electron chi connectivity index (χ3n) is 6.00. The molecule has 10 nitrogen and oxygen atoms in total. The summed E-state index contributed by atoms with van der Waals surface area (Å²) in [4.78, 5) is 22.2. The lowest BCUT2D eigenvalue weighted by molar-refractivity contribution is 0.102. The van der Waals surface area contributed by atoms with Gasteiger partial charge in [-0.1, -0.05) is 12.1 Å². The number of aromatic nitrogens is 6. The largest absolute Gasteiger partial charge is 0.493 e. The fraction of sp³-hybridized carbons (Fsp3) is 0.192. The maximum atomic E-state index is 13.2. The molecule has 0 spiro atoms. The summed E-state index contributed by atoms with van der Waals surface area (Å²) in [5, 5.41) is 12.8. The summed E-state index contributed by atoms with van der Waals surface area (Å²) in [7, 11) is 3.02. The summed E-state index contributed by atoms with van der Waals surface area (Å²) >= 11 is 0. The highest BCUT2D eigenvalue weighted by atomic mass is 16.5. The van der Waals surface area contributed by atoms with Gasteiger partial charge in [-0.3, -0.25) is 4.79 Å². The van der Waals surface area contributed by atoms with Gasteiger partial charge in [-0.25, -0.2) is 14.6 Å². The third kappa shape index (κ3) is 3.92. The van der Waals surface area contributed by atoms with Crippen molar-refractivity contribution in [2.75, 3.05) is 19.5 Å². The molecule has 36 heavy (non-hydrogen) atoms. The van der Waals surface area contributed by atoms with Crippen LogP contribution in [0.4, 0.5) is 5.82 Å². The first-order valence-electron chi connectivity index (χ1n) is 11.3. The normalized spacial score (nSPS) is 11.0. The van der Waals surface area contributed by atoms with Gasteiger partial charge < -0.3 is 14.8 Å². The summed E-state index contributed by atoms with van der Waals surface area (Å²) in [6.07, 6.45) is 3.16. The first-order valence-corrected chi connectivity index (χ1v) is 11.3. The molecule has 1 N–H and O–H groups in total. The number of amides is 1. The first-order chi connectivity index (χ1) is 17.4.